The summed E-state index contributed by atoms with van der Waals surface area (Å²) in [7, 11) is 0. The zero-order valence-electron chi connectivity index (χ0n) is 11.1. The van der Waals surface area contributed by atoms with Gasteiger partial charge in [-0.2, -0.15) is 0 Å². The summed E-state index contributed by atoms with van der Waals surface area (Å²) in [6, 6.07) is 8.04. The monoisotopic (exact) mass is 265 g/mol. The molecule has 4 nitrogen and oxygen atoms in total. The van der Waals surface area contributed by atoms with Gasteiger partial charge < -0.3 is 5.21 Å². The molecule has 2 aliphatic carbocycles. The Morgan fingerprint density at radius 1 is 1.10 bits per heavy atom. The summed E-state index contributed by atoms with van der Waals surface area (Å²) in [4.78, 5) is 8.71. The number of benzene rings is 1. The van der Waals surface area contributed by atoms with Crippen molar-refractivity contribution in [3.8, 4) is 11.3 Å². The highest BCUT2D eigenvalue weighted by Crippen LogP contribution is 2.50. The van der Waals surface area contributed by atoms with Crippen LogP contribution in [-0.2, 0) is 5.41 Å². The van der Waals surface area contributed by atoms with Gasteiger partial charge in [-0.3, -0.25) is 0 Å². The summed E-state index contributed by atoms with van der Waals surface area (Å²) in [5, 5.41) is 13.3. The molecule has 0 radical (unpaired) electrons. The molecule has 1 aromatic heterocycles. The lowest BCUT2D eigenvalue weighted by Gasteiger charge is -2.36. The van der Waals surface area contributed by atoms with Crippen LogP contribution in [0.15, 0.2) is 41.9 Å². The van der Waals surface area contributed by atoms with Gasteiger partial charge in [-0.1, -0.05) is 42.3 Å². The lowest BCUT2D eigenvalue weighted by Crippen LogP contribution is -2.38. The Bertz CT molecular complexity index is 702. The van der Waals surface area contributed by atoms with E-state index in [4.69, 9.17) is 0 Å². The highest BCUT2D eigenvalue weighted by molar-refractivity contribution is 6.15. The standard InChI is InChI=1S/C16H15N3O/c20-19-15-12-6-2-1-5-11(12)14-13(9-17-10-18-14)16(15)7-3-4-8-16/h1-2,5-6,9-10,20H,3-4,7-8H2. The Hall–Kier alpha value is -2.23. The van der Waals surface area contributed by atoms with Gasteiger partial charge in [0.15, 0.2) is 0 Å². The van der Waals surface area contributed by atoms with E-state index in [1.54, 1.807) is 6.33 Å². The predicted octanol–water partition coefficient (Wildman–Crippen LogP) is 3.15. The quantitative estimate of drug-likeness (QED) is 0.588. The van der Waals surface area contributed by atoms with E-state index in [1.807, 2.05) is 30.5 Å². The minimum atomic E-state index is -0.209. The molecule has 1 saturated carbocycles. The van der Waals surface area contributed by atoms with Crippen LogP contribution in [0.2, 0.25) is 0 Å². The molecule has 0 aliphatic heterocycles. The SMILES string of the molecule is ON=C1c2ccccc2-c2ncncc2C12CCCC2. The van der Waals surface area contributed by atoms with Gasteiger partial charge in [0.1, 0.15) is 6.33 Å². The van der Waals surface area contributed by atoms with Crippen LogP contribution in [0.25, 0.3) is 11.3 Å². The third-order valence-corrected chi connectivity index (χ3v) is 4.68. The molecule has 1 N–H and O–H groups in total. The number of hydrogen-bond acceptors (Lipinski definition) is 4. The predicted molar refractivity (Wildman–Crippen MR) is 75.9 cm³/mol. The molecule has 1 heterocycles. The number of oxime groups is 1. The Balaban J connectivity index is 2.10. The van der Waals surface area contributed by atoms with Crippen molar-refractivity contribution in [1.29, 1.82) is 0 Å². The first kappa shape index (κ1) is 11.6. The summed E-state index contributed by atoms with van der Waals surface area (Å²) in [6.07, 6.45) is 7.79. The van der Waals surface area contributed by atoms with Crippen molar-refractivity contribution in [3.63, 3.8) is 0 Å². The molecule has 4 heteroatoms. The van der Waals surface area contributed by atoms with E-state index in [0.29, 0.717) is 0 Å². The first-order valence-corrected chi connectivity index (χ1v) is 6.99. The molecule has 0 saturated heterocycles. The normalized spacial score (nSPS) is 20.9. The molecule has 2 aliphatic rings. The van der Waals surface area contributed by atoms with E-state index in [0.717, 1.165) is 53.8 Å². The molecule has 1 fully saturated rings. The molecule has 20 heavy (non-hydrogen) atoms. The van der Waals surface area contributed by atoms with Gasteiger partial charge in [0, 0.05) is 28.3 Å². The second-order valence-corrected chi connectivity index (χ2v) is 5.57. The molecule has 2 aromatic rings. The van der Waals surface area contributed by atoms with E-state index in [9.17, 15) is 5.21 Å². The number of fused-ring (bicyclic) bond motifs is 4. The Morgan fingerprint density at radius 3 is 2.60 bits per heavy atom. The van der Waals surface area contributed by atoms with Gasteiger partial charge in [-0.05, 0) is 12.8 Å². The highest BCUT2D eigenvalue weighted by Gasteiger charge is 2.47. The molecule has 1 aromatic carbocycles. The number of aromatic nitrogens is 2. The summed E-state index contributed by atoms with van der Waals surface area (Å²) < 4.78 is 0. The van der Waals surface area contributed by atoms with Gasteiger partial charge in [0.2, 0.25) is 0 Å². The lowest BCUT2D eigenvalue weighted by molar-refractivity contribution is 0.312. The average Bonchev–Trinajstić information content (AvgIpc) is 2.98. The van der Waals surface area contributed by atoms with Crippen molar-refractivity contribution in [2.45, 2.75) is 31.1 Å². The largest absolute Gasteiger partial charge is 0.411 e. The maximum absolute atomic E-state index is 9.64. The molecular weight excluding hydrogens is 250 g/mol. The summed E-state index contributed by atoms with van der Waals surface area (Å²) in [5.41, 5.74) is 4.72. The van der Waals surface area contributed by atoms with Crippen LogP contribution in [0, 0.1) is 0 Å². The summed E-state index contributed by atoms with van der Waals surface area (Å²) in [6.45, 7) is 0. The van der Waals surface area contributed by atoms with Crippen LogP contribution < -0.4 is 0 Å². The molecule has 0 unspecified atom stereocenters. The third-order valence-electron chi connectivity index (χ3n) is 4.68. The van der Waals surface area contributed by atoms with E-state index < -0.39 is 0 Å². The first-order chi connectivity index (χ1) is 9.87. The van der Waals surface area contributed by atoms with E-state index >= 15 is 0 Å². The summed E-state index contributed by atoms with van der Waals surface area (Å²) >= 11 is 0. The topological polar surface area (TPSA) is 58.4 Å². The van der Waals surface area contributed by atoms with Crippen LogP contribution in [0.4, 0.5) is 0 Å². The summed E-state index contributed by atoms with van der Waals surface area (Å²) in [5.74, 6) is 0. The fraction of sp³-hybridized carbons (Fsp3) is 0.312. The van der Waals surface area contributed by atoms with Crippen LogP contribution in [0.5, 0.6) is 0 Å². The molecule has 4 rings (SSSR count). The molecule has 1 spiro atoms. The zero-order valence-corrected chi connectivity index (χ0v) is 11.1. The van der Waals surface area contributed by atoms with Crippen LogP contribution in [0.1, 0.15) is 36.8 Å². The van der Waals surface area contributed by atoms with E-state index in [-0.39, 0.29) is 5.41 Å². The fourth-order valence-electron chi connectivity index (χ4n) is 3.81. The van der Waals surface area contributed by atoms with Crippen LogP contribution >= 0.6 is 0 Å². The number of nitrogens with zero attached hydrogens (tertiary/aromatic N) is 3. The zero-order chi connectivity index (χ0) is 13.6. The lowest BCUT2D eigenvalue weighted by atomic mass is 9.67. The number of hydrogen-bond donors (Lipinski definition) is 1. The smallest absolute Gasteiger partial charge is 0.116 e. The van der Waals surface area contributed by atoms with Gasteiger partial charge in [0.05, 0.1) is 11.4 Å². The average molecular weight is 265 g/mol. The number of rotatable bonds is 0. The van der Waals surface area contributed by atoms with Crippen molar-refractivity contribution in [2.24, 2.45) is 5.16 Å². The maximum atomic E-state index is 9.64. The van der Waals surface area contributed by atoms with Crippen molar-refractivity contribution < 1.29 is 5.21 Å². The molecule has 100 valence electrons. The van der Waals surface area contributed by atoms with Gasteiger partial charge in [-0.15, -0.1) is 0 Å². The Labute approximate surface area is 117 Å². The van der Waals surface area contributed by atoms with Gasteiger partial charge >= 0.3 is 0 Å². The minimum absolute atomic E-state index is 0.209. The first-order valence-electron chi connectivity index (χ1n) is 6.99. The van der Waals surface area contributed by atoms with Gasteiger partial charge in [-0.25, -0.2) is 9.97 Å². The second kappa shape index (κ2) is 4.13. The van der Waals surface area contributed by atoms with E-state index in [1.165, 1.54) is 0 Å². The Morgan fingerprint density at radius 2 is 1.85 bits per heavy atom. The second-order valence-electron chi connectivity index (χ2n) is 5.57. The van der Waals surface area contributed by atoms with Crippen LogP contribution in [-0.4, -0.2) is 20.9 Å². The maximum Gasteiger partial charge on any atom is 0.116 e. The molecule has 0 amide bonds. The molecular formula is C16H15N3O. The van der Waals surface area contributed by atoms with Crippen molar-refractivity contribution in [3.05, 3.63) is 47.9 Å². The molecule has 0 bridgehead atoms. The fourth-order valence-corrected chi connectivity index (χ4v) is 3.81. The Kier molecular flexibility index (Phi) is 2.39. The van der Waals surface area contributed by atoms with Crippen molar-refractivity contribution in [2.75, 3.05) is 0 Å². The van der Waals surface area contributed by atoms with Crippen LogP contribution in [0.3, 0.4) is 0 Å². The highest BCUT2D eigenvalue weighted by atomic mass is 16.4. The third kappa shape index (κ3) is 1.33. The van der Waals surface area contributed by atoms with Crippen molar-refractivity contribution >= 4 is 5.71 Å². The van der Waals surface area contributed by atoms with Crippen molar-refractivity contribution in [1.82, 2.24) is 9.97 Å². The minimum Gasteiger partial charge on any atom is -0.411 e. The molecule has 0 atom stereocenters. The van der Waals surface area contributed by atoms with Gasteiger partial charge in [0.25, 0.3) is 0 Å². The van der Waals surface area contributed by atoms with E-state index in [2.05, 4.69) is 15.1 Å².